The van der Waals surface area contributed by atoms with Gasteiger partial charge in [-0.05, 0) is 12.3 Å². The lowest BCUT2D eigenvalue weighted by Crippen LogP contribution is -1.77. The van der Waals surface area contributed by atoms with Crippen molar-refractivity contribution in [3.63, 3.8) is 0 Å². The summed E-state index contributed by atoms with van der Waals surface area (Å²) in [5, 5.41) is 7.82. The van der Waals surface area contributed by atoms with E-state index in [1.165, 1.54) is 6.42 Å². The fourth-order valence-corrected chi connectivity index (χ4v) is 0.112. The number of allylic oxidation sites excluding steroid dienone is 2. The summed E-state index contributed by atoms with van der Waals surface area (Å²) in [5.74, 6) is 0.884. The number of hydrogen-bond donors (Lipinski definition) is 0. The van der Waals surface area contributed by atoms with E-state index in [1.807, 2.05) is 13.0 Å². The summed E-state index contributed by atoms with van der Waals surface area (Å²) >= 11 is 0. The van der Waals surface area contributed by atoms with Crippen LogP contribution in [-0.4, -0.2) is 0 Å². The topological polar surface area (TPSA) is 23.8 Å². The van der Waals surface area contributed by atoms with E-state index in [-0.39, 0.29) is 0 Å². The monoisotopic (exact) mass is 195 g/mol. The molecule has 0 radical (unpaired) electrons. The Hall–Kier alpha value is -1.03. The maximum Gasteiger partial charge on any atom is 0.0621 e. The van der Waals surface area contributed by atoms with Gasteiger partial charge in [-0.15, -0.1) is 0 Å². The molecular weight excluding hydrogens is 170 g/mol. The molecule has 0 saturated carbocycles. The van der Waals surface area contributed by atoms with Crippen molar-refractivity contribution in [1.82, 2.24) is 0 Å². The highest BCUT2D eigenvalue weighted by atomic mass is 14.2. The van der Waals surface area contributed by atoms with E-state index >= 15 is 0 Å². The van der Waals surface area contributed by atoms with Gasteiger partial charge in [-0.25, -0.2) is 0 Å². The predicted molar refractivity (Wildman–Crippen MR) is 66.0 cm³/mol. The van der Waals surface area contributed by atoms with Gasteiger partial charge in [-0.3, -0.25) is 0 Å². The first-order valence-corrected chi connectivity index (χ1v) is 5.20. The number of nitriles is 1. The molecule has 0 aromatic carbocycles. The molecule has 0 aliphatic heterocycles. The third kappa shape index (κ3) is 69.2. The van der Waals surface area contributed by atoms with E-state index in [0.717, 1.165) is 12.3 Å². The molecule has 0 unspecified atom stereocenters. The predicted octanol–water partition coefficient (Wildman–Crippen LogP) is 4.72. The van der Waals surface area contributed by atoms with Crippen molar-refractivity contribution >= 4 is 0 Å². The van der Waals surface area contributed by atoms with Crippen LogP contribution >= 0.6 is 0 Å². The zero-order valence-corrected chi connectivity index (χ0v) is 10.2. The van der Waals surface area contributed by atoms with Crippen LogP contribution in [0.2, 0.25) is 0 Å². The van der Waals surface area contributed by atoms with Gasteiger partial charge in [0.15, 0.2) is 0 Å². The average Bonchev–Trinajstić information content (AvgIpc) is 2.20. The SMILES string of the molecule is C=CC=C.CCC(C)C.CCCC#N. The number of nitrogens with zero attached hydrogens (tertiary/aromatic N) is 1. The second-order valence-electron chi connectivity index (χ2n) is 3.18. The maximum absolute atomic E-state index is 7.82. The Kier molecular flexibility index (Phi) is 30.3. The molecule has 14 heavy (non-hydrogen) atoms. The lowest BCUT2D eigenvalue weighted by Gasteiger charge is -1.90. The summed E-state index contributed by atoms with van der Waals surface area (Å²) in [6, 6.07) is 2.02. The molecule has 0 spiro atoms. The summed E-state index contributed by atoms with van der Waals surface area (Å²) in [6.45, 7) is 15.4. The van der Waals surface area contributed by atoms with Crippen molar-refractivity contribution in [2.45, 2.75) is 47.0 Å². The van der Waals surface area contributed by atoms with E-state index in [2.05, 4.69) is 33.9 Å². The molecule has 0 aliphatic carbocycles. The van der Waals surface area contributed by atoms with Crippen LogP contribution in [0, 0.1) is 17.2 Å². The Balaban J connectivity index is -0.000000131. The number of rotatable bonds is 3. The van der Waals surface area contributed by atoms with Crippen LogP contribution in [0.4, 0.5) is 0 Å². The molecule has 0 rings (SSSR count). The van der Waals surface area contributed by atoms with Crippen molar-refractivity contribution in [2.75, 3.05) is 0 Å². The van der Waals surface area contributed by atoms with E-state index in [1.54, 1.807) is 12.2 Å². The van der Waals surface area contributed by atoms with Gasteiger partial charge in [0.2, 0.25) is 0 Å². The van der Waals surface area contributed by atoms with Crippen LogP contribution in [-0.2, 0) is 0 Å². The van der Waals surface area contributed by atoms with Gasteiger partial charge in [0.05, 0.1) is 6.07 Å². The molecule has 0 bridgehead atoms. The highest BCUT2D eigenvalue weighted by molar-refractivity contribution is 4.88. The van der Waals surface area contributed by atoms with Gasteiger partial charge in [0, 0.05) is 6.42 Å². The fourth-order valence-electron chi connectivity index (χ4n) is 0.112. The standard InChI is InChI=1S/C5H12.C4H7N.C4H6/c1-4-5(2)3;1-2-3-4-5;1-3-4-2/h5H,4H2,1-3H3;2-3H2,1H3;3-4H,1-2H2. The van der Waals surface area contributed by atoms with Crippen molar-refractivity contribution < 1.29 is 0 Å². The Morgan fingerprint density at radius 3 is 1.57 bits per heavy atom. The van der Waals surface area contributed by atoms with E-state index < -0.39 is 0 Å². The van der Waals surface area contributed by atoms with Crippen molar-refractivity contribution in [1.29, 1.82) is 5.26 Å². The van der Waals surface area contributed by atoms with Crippen LogP contribution in [0.15, 0.2) is 25.3 Å². The molecule has 1 heteroatoms. The lowest BCUT2D eigenvalue weighted by atomic mass is 10.2. The Morgan fingerprint density at radius 2 is 1.57 bits per heavy atom. The molecule has 0 aromatic heterocycles. The first-order valence-electron chi connectivity index (χ1n) is 5.20. The minimum Gasteiger partial charge on any atom is -0.198 e. The molecule has 0 atom stereocenters. The largest absolute Gasteiger partial charge is 0.198 e. The van der Waals surface area contributed by atoms with Gasteiger partial charge >= 0.3 is 0 Å². The molecule has 0 saturated heterocycles. The number of unbranched alkanes of at least 4 members (excludes halogenated alkanes) is 1. The van der Waals surface area contributed by atoms with E-state index in [0.29, 0.717) is 6.42 Å². The zero-order chi connectivity index (χ0) is 11.8. The minimum absolute atomic E-state index is 0.694. The Labute approximate surface area is 90.1 Å². The molecule has 0 heterocycles. The smallest absolute Gasteiger partial charge is 0.0621 e. The molecule has 0 amide bonds. The van der Waals surface area contributed by atoms with Crippen molar-refractivity contribution in [3.05, 3.63) is 25.3 Å². The molecule has 0 fully saturated rings. The highest BCUT2D eigenvalue weighted by Crippen LogP contribution is 1.93. The third-order valence-corrected chi connectivity index (χ3v) is 1.34. The van der Waals surface area contributed by atoms with E-state index in [9.17, 15) is 0 Å². The van der Waals surface area contributed by atoms with Crippen LogP contribution in [0.3, 0.4) is 0 Å². The minimum atomic E-state index is 0.694. The second kappa shape index (κ2) is 22.7. The Bertz CT molecular complexity index is 134. The van der Waals surface area contributed by atoms with Crippen LogP contribution < -0.4 is 0 Å². The van der Waals surface area contributed by atoms with Gasteiger partial charge in [0.1, 0.15) is 0 Å². The summed E-state index contributed by atoms with van der Waals surface area (Å²) in [7, 11) is 0. The average molecular weight is 195 g/mol. The molecule has 82 valence electrons. The summed E-state index contributed by atoms with van der Waals surface area (Å²) < 4.78 is 0. The maximum atomic E-state index is 7.82. The van der Waals surface area contributed by atoms with Crippen LogP contribution in [0.25, 0.3) is 0 Å². The fraction of sp³-hybridized carbons (Fsp3) is 0.615. The first kappa shape index (κ1) is 18.7. The van der Waals surface area contributed by atoms with Gasteiger partial charge in [0.25, 0.3) is 0 Å². The highest BCUT2D eigenvalue weighted by Gasteiger charge is 1.80. The number of hydrogen-bond acceptors (Lipinski definition) is 1. The van der Waals surface area contributed by atoms with Crippen LogP contribution in [0.5, 0.6) is 0 Å². The van der Waals surface area contributed by atoms with Gasteiger partial charge in [-0.2, -0.15) is 5.26 Å². The third-order valence-electron chi connectivity index (χ3n) is 1.34. The molecule has 0 aromatic rings. The summed E-state index contributed by atoms with van der Waals surface area (Å²) in [4.78, 5) is 0. The quantitative estimate of drug-likeness (QED) is 0.598. The molecule has 0 aliphatic rings. The summed E-state index contributed by atoms with van der Waals surface area (Å²) in [6.07, 6.45) is 6.26. The van der Waals surface area contributed by atoms with Gasteiger partial charge in [-0.1, -0.05) is 59.4 Å². The normalized spacial score (nSPS) is 7.14. The van der Waals surface area contributed by atoms with Gasteiger partial charge < -0.3 is 0 Å². The molecular formula is C13H25N. The van der Waals surface area contributed by atoms with E-state index in [4.69, 9.17) is 5.26 Å². The van der Waals surface area contributed by atoms with Crippen LogP contribution in [0.1, 0.15) is 47.0 Å². The van der Waals surface area contributed by atoms with Crippen molar-refractivity contribution in [3.8, 4) is 6.07 Å². The zero-order valence-electron chi connectivity index (χ0n) is 10.2. The Morgan fingerprint density at radius 1 is 1.21 bits per heavy atom. The van der Waals surface area contributed by atoms with Crippen molar-refractivity contribution in [2.24, 2.45) is 5.92 Å². The summed E-state index contributed by atoms with van der Waals surface area (Å²) in [5.41, 5.74) is 0. The molecule has 0 N–H and O–H groups in total. The first-order chi connectivity index (χ1) is 6.60. The lowest BCUT2D eigenvalue weighted by molar-refractivity contribution is 0.626. The molecule has 1 nitrogen and oxygen atoms in total. The second-order valence-corrected chi connectivity index (χ2v) is 3.18.